The summed E-state index contributed by atoms with van der Waals surface area (Å²) < 4.78 is 0. The molecule has 0 bridgehead atoms. The van der Waals surface area contributed by atoms with Crippen LogP contribution in [0.1, 0.15) is 40.0 Å². The topological polar surface area (TPSA) is 40.6 Å². The summed E-state index contributed by atoms with van der Waals surface area (Å²) >= 11 is 0. The average Bonchev–Trinajstić information content (AvgIpc) is 2.35. The maximum absolute atomic E-state index is 12.4. The molecular weight excluding hydrogens is 228 g/mol. The number of fused-ring (bicyclic) bond motifs is 1. The molecule has 0 aromatic heterocycles. The lowest BCUT2D eigenvalue weighted by Crippen LogP contribution is -2.61. The Morgan fingerprint density at radius 2 is 1.94 bits per heavy atom. The molecule has 2 saturated heterocycles. The lowest BCUT2D eigenvalue weighted by atomic mass is 9.94. The molecule has 2 amide bonds. The standard InChI is InChI=1S/C14H24N2O2/c1-10(2)11(3)8-15-9-13(17)16-7-5-4-6-12(16)14(15)18/h10-12H,4-9H2,1-3H3. The summed E-state index contributed by atoms with van der Waals surface area (Å²) in [6, 6.07) is -0.167. The van der Waals surface area contributed by atoms with Crippen LogP contribution < -0.4 is 0 Å². The van der Waals surface area contributed by atoms with Crippen molar-refractivity contribution < 1.29 is 9.59 Å². The van der Waals surface area contributed by atoms with E-state index in [1.807, 2.05) is 0 Å². The lowest BCUT2D eigenvalue weighted by Gasteiger charge is -2.43. The van der Waals surface area contributed by atoms with Gasteiger partial charge < -0.3 is 9.80 Å². The highest BCUT2D eigenvalue weighted by Gasteiger charge is 2.40. The molecule has 0 spiro atoms. The minimum absolute atomic E-state index is 0.134. The molecule has 2 aliphatic rings. The molecule has 0 N–H and O–H groups in total. The number of piperazine rings is 1. The van der Waals surface area contributed by atoms with Crippen LogP contribution in [0.2, 0.25) is 0 Å². The van der Waals surface area contributed by atoms with Crippen LogP contribution >= 0.6 is 0 Å². The fourth-order valence-electron chi connectivity index (χ4n) is 2.74. The van der Waals surface area contributed by atoms with Crippen molar-refractivity contribution in [3.63, 3.8) is 0 Å². The molecule has 0 radical (unpaired) electrons. The van der Waals surface area contributed by atoms with Crippen LogP contribution in [0.15, 0.2) is 0 Å². The van der Waals surface area contributed by atoms with Crippen LogP contribution in [0.3, 0.4) is 0 Å². The van der Waals surface area contributed by atoms with Gasteiger partial charge in [-0.2, -0.15) is 0 Å². The summed E-state index contributed by atoms with van der Waals surface area (Å²) in [5.74, 6) is 1.28. The number of hydrogen-bond donors (Lipinski definition) is 0. The first-order valence-corrected chi connectivity index (χ1v) is 7.09. The van der Waals surface area contributed by atoms with Crippen molar-refractivity contribution in [3.8, 4) is 0 Å². The van der Waals surface area contributed by atoms with Crippen LogP contribution in [-0.4, -0.2) is 47.3 Å². The van der Waals surface area contributed by atoms with E-state index >= 15 is 0 Å². The van der Waals surface area contributed by atoms with Crippen LogP contribution in [0.4, 0.5) is 0 Å². The van der Waals surface area contributed by atoms with E-state index in [9.17, 15) is 9.59 Å². The van der Waals surface area contributed by atoms with E-state index in [0.29, 0.717) is 18.4 Å². The third-order valence-electron chi connectivity index (χ3n) is 4.39. The SMILES string of the molecule is CC(C)C(C)CN1CC(=O)N2CCCCC2C1=O. The molecule has 0 aromatic carbocycles. The Labute approximate surface area is 109 Å². The van der Waals surface area contributed by atoms with E-state index in [0.717, 1.165) is 25.8 Å². The molecule has 2 fully saturated rings. The second kappa shape index (κ2) is 5.29. The number of carbonyl (C=O) groups excluding carboxylic acids is 2. The summed E-state index contributed by atoms with van der Waals surface area (Å²) in [6.45, 7) is 8.24. The molecule has 2 atom stereocenters. The first-order chi connectivity index (χ1) is 8.50. The maximum atomic E-state index is 12.4. The van der Waals surface area contributed by atoms with Crippen molar-refractivity contribution in [2.75, 3.05) is 19.6 Å². The summed E-state index contributed by atoms with van der Waals surface area (Å²) in [5, 5.41) is 0. The predicted molar refractivity (Wildman–Crippen MR) is 69.9 cm³/mol. The van der Waals surface area contributed by atoms with E-state index in [1.165, 1.54) is 0 Å². The van der Waals surface area contributed by atoms with E-state index in [4.69, 9.17) is 0 Å². The minimum Gasteiger partial charge on any atom is -0.331 e. The van der Waals surface area contributed by atoms with Crippen LogP contribution in [0, 0.1) is 11.8 Å². The van der Waals surface area contributed by atoms with Gasteiger partial charge >= 0.3 is 0 Å². The first kappa shape index (κ1) is 13.4. The van der Waals surface area contributed by atoms with Gasteiger partial charge in [-0.25, -0.2) is 0 Å². The third kappa shape index (κ3) is 2.52. The number of amides is 2. The van der Waals surface area contributed by atoms with Crippen molar-refractivity contribution in [1.29, 1.82) is 0 Å². The van der Waals surface area contributed by atoms with Gasteiger partial charge in [0.15, 0.2) is 0 Å². The smallest absolute Gasteiger partial charge is 0.245 e. The summed E-state index contributed by atoms with van der Waals surface area (Å²) in [4.78, 5) is 28.0. The van der Waals surface area contributed by atoms with Gasteiger partial charge in [0, 0.05) is 13.1 Å². The Kier molecular flexibility index (Phi) is 3.93. The van der Waals surface area contributed by atoms with Crippen molar-refractivity contribution in [1.82, 2.24) is 9.80 Å². The third-order valence-corrected chi connectivity index (χ3v) is 4.39. The van der Waals surface area contributed by atoms with Crippen molar-refractivity contribution in [3.05, 3.63) is 0 Å². The normalized spacial score (nSPS) is 26.6. The minimum atomic E-state index is -0.167. The molecule has 0 aromatic rings. The second-order valence-corrected chi connectivity index (χ2v) is 6.04. The molecule has 4 nitrogen and oxygen atoms in total. The van der Waals surface area contributed by atoms with E-state index in [2.05, 4.69) is 20.8 Å². The van der Waals surface area contributed by atoms with Gasteiger partial charge in [0.25, 0.3) is 0 Å². The first-order valence-electron chi connectivity index (χ1n) is 7.09. The summed E-state index contributed by atoms with van der Waals surface area (Å²) in [7, 11) is 0. The van der Waals surface area contributed by atoms with Crippen LogP contribution in [0.25, 0.3) is 0 Å². The highest BCUT2D eigenvalue weighted by molar-refractivity contribution is 5.95. The van der Waals surface area contributed by atoms with Gasteiger partial charge in [0.1, 0.15) is 6.04 Å². The predicted octanol–water partition coefficient (Wildman–Crippen LogP) is 1.50. The zero-order chi connectivity index (χ0) is 13.3. The molecule has 2 unspecified atom stereocenters. The van der Waals surface area contributed by atoms with Gasteiger partial charge in [-0.05, 0) is 31.1 Å². The van der Waals surface area contributed by atoms with Gasteiger partial charge in [0.05, 0.1) is 6.54 Å². The fourth-order valence-corrected chi connectivity index (χ4v) is 2.74. The molecule has 0 aliphatic carbocycles. The van der Waals surface area contributed by atoms with E-state index in [1.54, 1.807) is 9.80 Å². The second-order valence-electron chi connectivity index (χ2n) is 6.04. The number of rotatable bonds is 3. The summed E-state index contributed by atoms with van der Waals surface area (Å²) in [5.41, 5.74) is 0. The Morgan fingerprint density at radius 1 is 1.22 bits per heavy atom. The monoisotopic (exact) mass is 252 g/mol. The number of carbonyl (C=O) groups is 2. The highest BCUT2D eigenvalue weighted by Crippen LogP contribution is 2.24. The van der Waals surface area contributed by atoms with E-state index < -0.39 is 0 Å². The van der Waals surface area contributed by atoms with Crippen molar-refractivity contribution in [2.45, 2.75) is 46.1 Å². The van der Waals surface area contributed by atoms with Crippen LogP contribution in [-0.2, 0) is 9.59 Å². The van der Waals surface area contributed by atoms with Gasteiger partial charge in [-0.3, -0.25) is 9.59 Å². The number of piperidine rings is 1. The molecule has 2 rings (SSSR count). The van der Waals surface area contributed by atoms with Gasteiger partial charge in [0.2, 0.25) is 11.8 Å². The molecule has 4 heteroatoms. The van der Waals surface area contributed by atoms with Gasteiger partial charge in [-0.1, -0.05) is 20.8 Å². The molecule has 0 saturated carbocycles. The highest BCUT2D eigenvalue weighted by atomic mass is 16.2. The molecular formula is C14H24N2O2. The van der Waals surface area contributed by atoms with E-state index in [-0.39, 0.29) is 24.4 Å². The molecule has 18 heavy (non-hydrogen) atoms. The molecule has 2 aliphatic heterocycles. The quantitative estimate of drug-likeness (QED) is 0.764. The average molecular weight is 252 g/mol. The Balaban J connectivity index is 2.05. The fraction of sp³-hybridized carbons (Fsp3) is 0.857. The Morgan fingerprint density at radius 3 is 2.61 bits per heavy atom. The maximum Gasteiger partial charge on any atom is 0.245 e. The van der Waals surface area contributed by atoms with Crippen molar-refractivity contribution in [2.24, 2.45) is 11.8 Å². The zero-order valence-corrected chi connectivity index (χ0v) is 11.7. The van der Waals surface area contributed by atoms with Crippen LogP contribution in [0.5, 0.6) is 0 Å². The molecule has 2 heterocycles. The Hall–Kier alpha value is -1.06. The number of nitrogens with zero attached hydrogens (tertiary/aromatic N) is 2. The molecule has 102 valence electrons. The zero-order valence-electron chi connectivity index (χ0n) is 11.7. The Bertz CT molecular complexity index is 341. The number of hydrogen-bond acceptors (Lipinski definition) is 2. The lowest BCUT2D eigenvalue weighted by molar-refractivity contribution is -0.158. The van der Waals surface area contributed by atoms with Crippen molar-refractivity contribution >= 4 is 11.8 Å². The van der Waals surface area contributed by atoms with Gasteiger partial charge in [-0.15, -0.1) is 0 Å². The summed E-state index contributed by atoms with van der Waals surface area (Å²) in [6.07, 6.45) is 2.95. The largest absolute Gasteiger partial charge is 0.331 e.